The molecule has 2 heterocycles. The van der Waals surface area contributed by atoms with E-state index in [-0.39, 0.29) is 18.1 Å². The van der Waals surface area contributed by atoms with Crippen molar-refractivity contribution in [1.29, 1.82) is 0 Å². The Labute approximate surface area is 128 Å². The van der Waals surface area contributed by atoms with E-state index in [0.717, 1.165) is 30.0 Å². The zero-order chi connectivity index (χ0) is 14.7. The number of nitrogens with one attached hydrogen (secondary N) is 1. The van der Waals surface area contributed by atoms with Gasteiger partial charge in [-0.05, 0) is 31.9 Å². The zero-order valence-corrected chi connectivity index (χ0v) is 13.0. The maximum atomic E-state index is 12.0. The molecule has 0 unspecified atom stereocenters. The second-order valence-corrected chi connectivity index (χ2v) is 6.60. The molecule has 1 aliphatic rings. The van der Waals surface area contributed by atoms with E-state index in [9.17, 15) is 4.79 Å². The number of fused-ring (bicyclic) bond motifs is 1. The summed E-state index contributed by atoms with van der Waals surface area (Å²) in [5, 5.41) is 4.06. The number of aromatic nitrogens is 1. The minimum absolute atomic E-state index is 0.0808. The lowest BCUT2D eigenvalue weighted by Gasteiger charge is -2.19. The van der Waals surface area contributed by atoms with E-state index >= 15 is 0 Å². The highest BCUT2D eigenvalue weighted by atomic mass is 32.1. The topological polar surface area (TPSA) is 51.2 Å². The monoisotopic (exact) mass is 304 g/mol. The molecule has 1 aliphatic heterocycles. The number of carbonyl (C=O) groups excluding carboxylic acids is 1. The highest BCUT2D eigenvalue weighted by Gasteiger charge is 2.23. The Morgan fingerprint density at radius 2 is 2.38 bits per heavy atom. The third kappa shape index (κ3) is 3.60. The quantitative estimate of drug-likeness (QED) is 0.924. The van der Waals surface area contributed by atoms with Gasteiger partial charge in [0.1, 0.15) is 0 Å². The van der Waals surface area contributed by atoms with E-state index in [0.29, 0.717) is 12.8 Å². The van der Waals surface area contributed by atoms with E-state index in [1.807, 2.05) is 25.1 Å². The Bertz CT molecular complexity index is 587. The van der Waals surface area contributed by atoms with Crippen LogP contribution in [0.25, 0.3) is 10.2 Å². The summed E-state index contributed by atoms with van der Waals surface area (Å²) in [6, 6.07) is 8.17. The third-order valence-electron chi connectivity index (χ3n) is 3.82. The fourth-order valence-corrected chi connectivity index (χ4v) is 3.63. The van der Waals surface area contributed by atoms with Gasteiger partial charge in [0.2, 0.25) is 5.91 Å². The maximum Gasteiger partial charge on any atom is 0.220 e. The van der Waals surface area contributed by atoms with Crippen LogP contribution in [0.15, 0.2) is 24.3 Å². The summed E-state index contributed by atoms with van der Waals surface area (Å²) in [6.45, 7) is 2.84. The Balaban J connectivity index is 1.50. The van der Waals surface area contributed by atoms with Crippen LogP contribution in [0, 0.1) is 0 Å². The normalized spacial score (nSPS) is 19.8. The van der Waals surface area contributed by atoms with Gasteiger partial charge in [0, 0.05) is 19.4 Å². The molecule has 112 valence electrons. The Morgan fingerprint density at radius 3 is 3.14 bits per heavy atom. The van der Waals surface area contributed by atoms with Gasteiger partial charge in [-0.1, -0.05) is 12.1 Å². The lowest BCUT2D eigenvalue weighted by molar-refractivity contribution is -0.122. The minimum Gasteiger partial charge on any atom is -0.376 e. The molecule has 21 heavy (non-hydrogen) atoms. The molecule has 2 aromatic rings. The fraction of sp³-hybridized carbons (Fsp3) is 0.500. The van der Waals surface area contributed by atoms with Crippen molar-refractivity contribution < 1.29 is 9.53 Å². The van der Waals surface area contributed by atoms with Crippen molar-refractivity contribution in [3.63, 3.8) is 0 Å². The summed E-state index contributed by atoms with van der Waals surface area (Å²) < 4.78 is 6.77. The molecule has 1 aromatic heterocycles. The highest BCUT2D eigenvalue weighted by Crippen LogP contribution is 2.22. The van der Waals surface area contributed by atoms with E-state index in [1.165, 1.54) is 4.70 Å². The average Bonchev–Trinajstić information content (AvgIpc) is 3.14. The van der Waals surface area contributed by atoms with Crippen molar-refractivity contribution in [2.45, 2.75) is 44.8 Å². The van der Waals surface area contributed by atoms with Gasteiger partial charge >= 0.3 is 0 Å². The molecule has 0 aliphatic carbocycles. The van der Waals surface area contributed by atoms with Crippen LogP contribution in [-0.2, 0) is 16.0 Å². The molecular weight excluding hydrogens is 284 g/mol. The van der Waals surface area contributed by atoms with Crippen LogP contribution in [0.4, 0.5) is 0 Å². The van der Waals surface area contributed by atoms with Crippen molar-refractivity contribution in [3.05, 3.63) is 29.3 Å². The fourth-order valence-electron chi connectivity index (χ4n) is 2.66. The molecule has 4 nitrogen and oxygen atoms in total. The van der Waals surface area contributed by atoms with Gasteiger partial charge in [-0.3, -0.25) is 4.79 Å². The van der Waals surface area contributed by atoms with Gasteiger partial charge in [-0.25, -0.2) is 4.98 Å². The first-order valence-corrected chi connectivity index (χ1v) is 8.29. The smallest absolute Gasteiger partial charge is 0.220 e. The maximum absolute atomic E-state index is 12.0. The second-order valence-electron chi connectivity index (χ2n) is 5.48. The summed E-state index contributed by atoms with van der Waals surface area (Å²) in [4.78, 5) is 16.6. The Hall–Kier alpha value is -1.46. The van der Waals surface area contributed by atoms with Gasteiger partial charge < -0.3 is 10.1 Å². The second kappa shape index (κ2) is 6.54. The molecule has 0 radical (unpaired) electrons. The van der Waals surface area contributed by atoms with Gasteiger partial charge in [0.25, 0.3) is 0 Å². The predicted octanol–water partition coefficient (Wildman–Crippen LogP) is 2.91. The minimum atomic E-state index is 0.0808. The molecule has 0 bridgehead atoms. The molecule has 0 saturated carbocycles. The molecule has 3 rings (SSSR count). The lowest BCUT2D eigenvalue weighted by Crippen LogP contribution is -2.40. The number of para-hydroxylation sites is 1. The van der Waals surface area contributed by atoms with Crippen LogP contribution < -0.4 is 5.32 Å². The summed E-state index contributed by atoms with van der Waals surface area (Å²) in [5.41, 5.74) is 1.02. The molecule has 1 fully saturated rings. The summed E-state index contributed by atoms with van der Waals surface area (Å²) >= 11 is 1.67. The summed E-state index contributed by atoms with van der Waals surface area (Å²) in [5.74, 6) is 0.0808. The van der Waals surface area contributed by atoms with Gasteiger partial charge in [-0.2, -0.15) is 0 Å². The van der Waals surface area contributed by atoms with Crippen LogP contribution in [0.5, 0.6) is 0 Å². The Morgan fingerprint density at radius 1 is 1.52 bits per heavy atom. The molecule has 1 N–H and O–H groups in total. The molecule has 2 atom stereocenters. The SMILES string of the molecule is C[C@@H](NC(=O)CCc1nc2ccccc2s1)[C@@H]1CCCO1. The van der Waals surface area contributed by atoms with E-state index < -0.39 is 0 Å². The number of rotatable bonds is 5. The molecule has 5 heteroatoms. The number of aryl methyl sites for hydroxylation is 1. The van der Waals surface area contributed by atoms with Crippen LogP contribution in [0.2, 0.25) is 0 Å². The summed E-state index contributed by atoms with van der Waals surface area (Å²) in [6.07, 6.45) is 3.49. The molecule has 1 saturated heterocycles. The first-order valence-electron chi connectivity index (χ1n) is 7.48. The number of hydrogen-bond donors (Lipinski definition) is 1. The predicted molar refractivity (Wildman–Crippen MR) is 84.5 cm³/mol. The molecule has 0 spiro atoms. The first kappa shape index (κ1) is 14.5. The average molecular weight is 304 g/mol. The van der Waals surface area contributed by atoms with Crippen LogP contribution >= 0.6 is 11.3 Å². The van der Waals surface area contributed by atoms with E-state index in [1.54, 1.807) is 11.3 Å². The Kier molecular flexibility index (Phi) is 4.51. The first-order chi connectivity index (χ1) is 10.2. The number of carbonyl (C=O) groups is 1. The van der Waals surface area contributed by atoms with Crippen molar-refractivity contribution in [1.82, 2.24) is 10.3 Å². The number of thiazole rings is 1. The highest BCUT2D eigenvalue weighted by molar-refractivity contribution is 7.18. The number of benzene rings is 1. The van der Waals surface area contributed by atoms with Crippen molar-refractivity contribution in [3.8, 4) is 0 Å². The molecule has 1 aromatic carbocycles. The zero-order valence-electron chi connectivity index (χ0n) is 12.2. The molecule has 1 amide bonds. The van der Waals surface area contributed by atoms with Crippen molar-refractivity contribution in [2.24, 2.45) is 0 Å². The van der Waals surface area contributed by atoms with Crippen molar-refractivity contribution >= 4 is 27.5 Å². The number of amides is 1. The van der Waals surface area contributed by atoms with Gasteiger partial charge in [0.05, 0.1) is 27.4 Å². The largest absolute Gasteiger partial charge is 0.376 e. The summed E-state index contributed by atoms with van der Waals surface area (Å²) in [7, 11) is 0. The van der Waals surface area contributed by atoms with Crippen LogP contribution in [0.1, 0.15) is 31.2 Å². The number of ether oxygens (including phenoxy) is 1. The third-order valence-corrected chi connectivity index (χ3v) is 4.91. The van der Waals surface area contributed by atoms with Crippen LogP contribution in [0.3, 0.4) is 0 Å². The van der Waals surface area contributed by atoms with Gasteiger partial charge in [0.15, 0.2) is 0 Å². The molecular formula is C16H20N2O2S. The van der Waals surface area contributed by atoms with Crippen LogP contribution in [-0.4, -0.2) is 29.6 Å². The number of nitrogens with zero attached hydrogens (tertiary/aromatic N) is 1. The van der Waals surface area contributed by atoms with Gasteiger partial charge in [-0.15, -0.1) is 11.3 Å². The number of hydrogen-bond acceptors (Lipinski definition) is 4. The standard InChI is InChI=1S/C16H20N2O2S/c1-11(13-6-4-10-20-13)17-15(19)8-9-16-18-12-5-2-3-7-14(12)21-16/h2-3,5,7,11,13H,4,6,8-10H2,1H3,(H,17,19)/t11-,13+/m1/s1. The lowest BCUT2D eigenvalue weighted by atomic mass is 10.1. The van der Waals surface area contributed by atoms with Crippen molar-refractivity contribution in [2.75, 3.05) is 6.61 Å². The van der Waals surface area contributed by atoms with E-state index in [4.69, 9.17) is 4.74 Å². The van der Waals surface area contributed by atoms with E-state index in [2.05, 4.69) is 16.4 Å².